The number of guanidine groups is 1. The Balaban J connectivity index is 1.87. The first-order valence-electron chi connectivity index (χ1n) is 8.83. The summed E-state index contributed by atoms with van der Waals surface area (Å²) in [5, 5.41) is 10.5. The van der Waals surface area contributed by atoms with Crippen LogP contribution >= 0.6 is 0 Å². The highest BCUT2D eigenvalue weighted by atomic mass is 19.1. The molecule has 0 radical (unpaired) electrons. The number of aromatic nitrogens is 1. The van der Waals surface area contributed by atoms with Crippen molar-refractivity contribution in [1.82, 2.24) is 15.8 Å². The number of nitrogens with one attached hydrogen (secondary N) is 2. The van der Waals surface area contributed by atoms with E-state index in [2.05, 4.69) is 34.6 Å². The van der Waals surface area contributed by atoms with Gasteiger partial charge in [-0.3, -0.25) is 4.99 Å². The van der Waals surface area contributed by atoms with E-state index in [4.69, 9.17) is 9.26 Å². The van der Waals surface area contributed by atoms with Crippen LogP contribution in [0, 0.1) is 5.82 Å². The number of benzene rings is 1. The molecule has 0 amide bonds. The predicted molar refractivity (Wildman–Crippen MR) is 99.8 cm³/mol. The fourth-order valence-corrected chi connectivity index (χ4v) is 2.71. The summed E-state index contributed by atoms with van der Waals surface area (Å²) in [4.78, 5) is 4.16. The molecular weight excluding hydrogens is 335 g/mol. The number of aliphatic imine (C=N–C) groups is 1. The van der Waals surface area contributed by atoms with E-state index >= 15 is 0 Å². The van der Waals surface area contributed by atoms with Crippen molar-refractivity contribution in [3.05, 3.63) is 47.1 Å². The number of rotatable bonds is 8. The third-order valence-electron chi connectivity index (χ3n) is 4.31. The lowest BCUT2D eigenvalue weighted by atomic mass is 9.99. The zero-order chi connectivity index (χ0) is 18.9. The molecule has 0 aliphatic rings. The van der Waals surface area contributed by atoms with E-state index in [1.54, 1.807) is 19.2 Å². The number of nitrogens with zero attached hydrogens (tertiary/aromatic N) is 2. The van der Waals surface area contributed by atoms with Gasteiger partial charge in [-0.15, -0.1) is 0 Å². The summed E-state index contributed by atoms with van der Waals surface area (Å²) in [6.45, 7) is 5.21. The molecule has 0 spiro atoms. The van der Waals surface area contributed by atoms with Gasteiger partial charge in [0.15, 0.2) is 23.3 Å². The van der Waals surface area contributed by atoms with Crippen molar-refractivity contribution in [3.63, 3.8) is 0 Å². The minimum absolute atomic E-state index is 0.231. The molecule has 0 aliphatic heterocycles. The molecule has 26 heavy (non-hydrogen) atoms. The Kier molecular flexibility index (Phi) is 7.44. The van der Waals surface area contributed by atoms with Crippen LogP contribution in [0.4, 0.5) is 4.39 Å². The maximum atomic E-state index is 13.7. The van der Waals surface area contributed by atoms with E-state index in [9.17, 15) is 4.39 Å². The highest BCUT2D eigenvalue weighted by Gasteiger charge is 2.13. The average molecular weight is 362 g/mol. The highest BCUT2D eigenvalue weighted by Crippen LogP contribution is 2.22. The third kappa shape index (κ3) is 5.21. The number of methoxy groups -OCH3 is 1. The molecule has 1 aromatic carbocycles. The summed E-state index contributed by atoms with van der Waals surface area (Å²) in [6.07, 6.45) is 2.08. The molecule has 0 bridgehead atoms. The van der Waals surface area contributed by atoms with Gasteiger partial charge in [-0.05, 0) is 30.5 Å². The van der Waals surface area contributed by atoms with Crippen LogP contribution in [0.25, 0.3) is 0 Å². The lowest BCUT2D eigenvalue weighted by Crippen LogP contribution is -2.36. The molecule has 0 fully saturated rings. The summed E-state index contributed by atoms with van der Waals surface area (Å²) < 4.78 is 24.0. The average Bonchev–Trinajstić information content (AvgIpc) is 3.12. The molecule has 0 saturated carbocycles. The molecule has 1 heterocycles. The van der Waals surface area contributed by atoms with Crippen molar-refractivity contribution in [2.24, 2.45) is 4.99 Å². The van der Waals surface area contributed by atoms with Gasteiger partial charge in [0.05, 0.1) is 19.3 Å². The predicted octanol–water partition coefficient (Wildman–Crippen LogP) is 3.59. The monoisotopic (exact) mass is 362 g/mol. The van der Waals surface area contributed by atoms with Crippen molar-refractivity contribution in [3.8, 4) is 5.75 Å². The molecule has 142 valence electrons. The van der Waals surface area contributed by atoms with Gasteiger partial charge in [0.1, 0.15) is 0 Å². The van der Waals surface area contributed by atoms with Crippen molar-refractivity contribution < 1.29 is 13.7 Å². The summed E-state index contributed by atoms with van der Waals surface area (Å²) in [6, 6.07) is 6.84. The zero-order valence-corrected chi connectivity index (χ0v) is 15.8. The van der Waals surface area contributed by atoms with Crippen molar-refractivity contribution in [2.45, 2.75) is 45.7 Å². The van der Waals surface area contributed by atoms with Crippen LogP contribution in [0.1, 0.15) is 49.6 Å². The van der Waals surface area contributed by atoms with Crippen LogP contribution < -0.4 is 15.4 Å². The number of ether oxygens (including phenoxy) is 1. The molecule has 2 aromatic rings. The van der Waals surface area contributed by atoms with Crippen LogP contribution in [0.15, 0.2) is 33.8 Å². The van der Waals surface area contributed by atoms with Crippen LogP contribution in [-0.2, 0) is 13.1 Å². The summed E-state index contributed by atoms with van der Waals surface area (Å²) in [5.41, 5.74) is 1.78. The molecule has 2 N–H and O–H groups in total. The van der Waals surface area contributed by atoms with Crippen molar-refractivity contribution in [2.75, 3.05) is 14.2 Å². The standard InChI is InChI=1S/C19H27FN4O2/c1-5-14(6-2)17-10-15(26-24-17)12-23-19(21-3)22-11-13-7-8-18(25-4)16(20)9-13/h7-10,14H,5-6,11-12H2,1-4H3,(H2,21,22,23). The topological polar surface area (TPSA) is 71.7 Å². The SMILES string of the molecule is CCC(CC)c1cc(CNC(=NC)NCc2ccc(OC)c(F)c2)on1. The Bertz CT molecular complexity index is 726. The first kappa shape index (κ1) is 19.8. The van der Waals surface area contributed by atoms with Crippen LogP contribution in [0.3, 0.4) is 0 Å². The summed E-state index contributed by atoms with van der Waals surface area (Å²) in [5.74, 6) is 1.63. The van der Waals surface area contributed by atoms with Gasteiger partial charge in [0.2, 0.25) is 0 Å². The van der Waals surface area contributed by atoms with Gasteiger partial charge in [-0.2, -0.15) is 0 Å². The maximum Gasteiger partial charge on any atom is 0.191 e. The molecule has 2 rings (SSSR count). The highest BCUT2D eigenvalue weighted by molar-refractivity contribution is 5.79. The summed E-state index contributed by atoms with van der Waals surface area (Å²) in [7, 11) is 3.13. The fraction of sp³-hybridized carbons (Fsp3) is 0.474. The smallest absolute Gasteiger partial charge is 0.191 e. The van der Waals surface area contributed by atoms with Gasteiger partial charge in [0.25, 0.3) is 0 Å². The van der Waals surface area contributed by atoms with E-state index in [1.165, 1.54) is 13.2 Å². The normalized spacial score (nSPS) is 11.7. The van der Waals surface area contributed by atoms with Crippen molar-refractivity contribution >= 4 is 5.96 Å². The maximum absolute atomic E-state index is 13.7. The Morgan fingerprint density at radius 2 is 1.96 bits per heavy atom. The number of hydrogen-bond acceptors (Lipinski definition) is 4. The third-order valence-corrected chi connectivity index (χ3v) is 4.31. The Labute approximate surface area is 153 Å². The summed E-state index contributed by atoms with van der Waals surface area (Å²) >= 11 is 0. The van der Waals surface area contributed by atoms with Crippen LogP contribution in [0.5, 0.6) is 5.75 Å². The van der Waals surface area contributed by atoms with Gasteiger partial charge in [0, 0.05) is 25.6 Å². The molecule has 1 aromatic heterocycles. The molecule has 0 unspecified atom stereocenters. The Hall–Kier alpha value is -2.57. The van der Waals surface area contributed by atoms with Gasteiger partial charge in [-0.1, -0.05) is 25.1 Å². The second-order valence-electron chi connectivity index (χ2n) is 5.98. The molecule has 6 nitrogen and oxygen atoms in total. The molecule has 0 aliphatic carbocycles. The zero-order valence-electron chi connectivity index (χ0n) is 15.8. The number of hydrogen-bond donors (Lipinski definition) is 2. The fourth-order valence-electron chi connectivity index (χ4n) is 2.71. The minimum atomic E-state index is -0.384. The van der Waals surface area contributed by atoms with Crippen LogP contribution in [0.2, 0.25) is 0 Å². The lowest BCUT2D eigenvalue weighted by Gasteiger charge is -2.11. The lowest BCUT2D eigenvalue weighted by molar-refractivity contribution is 0.368. The second-order valence-corrected chi connectivity index (χ2v) is 5.98. The van der Waals surface area contributed by atoms with E-state index in [0.29, 0.717) is 25.0 Å². The van der Waals surface area contributed by atoms with Gasteiger partial charge >= 0.3 is 0 Å². The van der Waals surface area contributed by atoms with Gasteiger partial charge in [-0.25, -0.2) is 4.39 Å². The van der Waals surface area contributed by atoms with Crippen molar-refractivity contribution in [1.29, 1.82) is 0 Å². The molecule has 0 atom stereocenters. The quantitative estimate of drug-likeness (QED) is 0.555. The second kappa shape index (κ2) is 9.79. The Morgan fingerprint density at radius 3 is 2.58 bits per heavy atom. The number of halogens is 1. The van der Waals surface area contributed by atoms with Crippen LogP contribution in [-0.4, -0.2) is 25.3 Å². The molecule has 0 saturated heterocycles. The van der Waals surface area contributed by atoms with Gasteiger partial charge < -0.3 is 19.9 Å². The first-order chi connectivity index (χ1) is 12.6. The molecule has 7 heteroatoms. The minimum Gasteiger partial charge on any atom is -0.494 e. The van der Waals surface area contributed by atoms with E-state index < -0.39 is 0 Å². The van der Waals surface area contributed by atoms with E-state index in [1.807, 2.05) is 6.07 Å². The van der Waals surface area contributed by atoms with E-state index in [0.717, 1.165) is 29.9 Å². The first-order valence-corrected chi connectivity index (χ1v) is 8.83. The largest absolute Gasteiger partial charge is 0.494 e. The van der Waals surface area contributed by atoms with E-state index in [-0.39, 0.29) is 11.6 Å². The Morgan fingerprint density at radius 1 is 1.23 bits per heavy atom. The molecular formula is C19H27FN4O2.